The van der Waals surface area contributed by atoms with Crippen LogP contribution in [0.1, 0.15) is 19.3 Å². The lowest BCUT2D eigenvalue weighted by molar-refractivity contribution is 0.128. The highest BCUT2D eigenvalue weighted by Crippen LogP contribution is 2.25. The zero-order valence-electron chi connectivity index (χ0n) is 4.60. The van der Waals surface area contributed by atoms with Gasteiger partial charge in [0, 0.05) is 9.97 Å². The van der Waals surface area contributed by atoms with Crippen LogP contribution in [0, 0.1) is 0 Å². The van der Waals surface area contributed by atoms with Crippen LogP contribution in [0.15, 0.2) is 0 Å². The molecule has 0 aromatic rings. The van der Waals surface area contributed by atoms with Crippen LogP contribution in [0.4, 0.5) is 0 Å². The third-order valence-electron chi connectivity index (χ3n) is 1.55. The number of hydrogen-bond donors (Lipinski definition) is 2. The Labute approximate surface area is 62.8 Å². The van der Waals surface area contributed by atoms with E-state index < -0.39 is 0 Å². The molecule has 0 spiro atoms. The highest BCUT2D eigenvalue weighted by molar-refractivity contribution is 14.1. The zero-order chi connectivity index (χ0) is 5.98. The van der Waals surface area contributed by atoms with Crippen molar-refractivity contribution in [1.82, 2.24) is 5.48 Å². The fraction of sp³-hybridized carbons (Fsp3) is 1.00. The molecule has 0 radical (unpaired) electrons. The van der Waals surface area contributed by atoms with Crippen molar-refractivity contribution in [2.75, 3.05) is 0 Å². The summed E-state index contributed by atoms with van der Waals surface area (Å²) < 4.78 is 0.775. The molecule has 0 heterocycles. The van der Waals surface area contributed by atoms with Gasteiger partial charge in [0.1, 0.15) is 0 Å². The van der Waals surface area contributed by atoms with Crippen LogP contribution in [0.5, 0.6) is 0 Å². The molecule has 0 saturated heterocycles. The fourth-order valence-electron chi connectivity index (χ4n) is 1.04. The lowest BCUT2D eigenvalue weighted by atomic mass is 10.3. The SMILES string of the molecule is ONC1CCC(I)C1. The van der Waals surface area contributed by atoms with Gasteiger partial charge in [-0.2, -0.15) is 0 Å². The van der Waals surface area contributed by atoms with E-state index >= 15 is 0 Å². The molecule has 0 bridgehead atoms. The first kappa shape index (κ1) is 6.77. The third kappa shape index (κ3) is 1.56. The van der Waals surface area contributed by atoms with E-state index in [1.807, 2.05) is 0 Å². The van der Waals surface area contributed by atoms with Gasteiger partial charge in [-0.15, -0.1) is 0 Å². The second kappa shape index (κ2) is 2.98. The normalized spacial score (nSPS) is 38.2. The van der Waals surface area contributed by atoms with Crippen molar-refractivity contribution in [3.63, 3.8) is 0 Å². The molecule has 3 heteroatoms. The number of hydrogen-bond acceptors (Lipinski definition) is 2. The minimum absolute atomic E-state index is 0.372. The molecule has 0 aliphatic heterocycles. The van der Waals surface area contributed by atoms with E-state index in [-0.39, 0.29) is 0 Å². The van der Waals surface area contributed by atoms with Crippen LogP contribution in [-0.2, 0) is 0 Å². The van der Waals surface area contributed by atoms with Crippen LogP contribution in [0.25, 0.3) is 0 Å². The van der Waals surface area contributed by atoms with Gasteiger partial charge in [0.05, 0.1) is 0 Å². The predicted molar refractivity (Wildman–Crippen MR) is 40.4 cm³/mol. The molecule has 2 atom stereocenters. The third-order valence-corrected chi connectivity index (χ3v) is 2.68. The molecule has 1 aliphatic carbocycles. The summed E-state index contributed by atoms with van der Waals surface area (Å²) in [5.74, 6) is 0. The Morgan fingerprint density at radius 3 is 2.50 bits per heavy atom. The van der Waals surface area contributed by atoms with Gasteiger partial charge in [-0.1, -0.05) is 22.6 Å². The summed E-state index contributed by atoms with van der Waals surface area (Å²) in [6, 6.07) is 0.372. The number of nitrogens with one attached hydrogen (secondary N) is 1. The summed E-state index contributed by atoms with van der Waals surface area (Å²) in [5.41, 5.74) is 2.29. The van der Waals surface area contributed by atoms with Gasteiger partial charge in [0.2, 0.25) is 0 Å². The van der Waals surface area contributed by atoms with E-state index in [4.69, 9.17) is 5.21 Å². The topological polar surface area (TPSA) is 32.3 Å². The molecular formula is C5H10INO. The van der Waals surface area contributed by atoms with Crippen molar-refractivity contribution in [2.45, 2.75) is 29.2 Å². The molecular weight excluding hydrogens is 217 g/mol. The lowest BCUT2D eigenvalue weighted by Crippen LogP contribution is -2.21. The monoisotopic (exact) mass is 227 g/mol. The molecule has 0 amide bonds. The second-order valence-electron chi connectivity index (χ2n) is 2.24. The first-order valence-corrected chi connectivity index (χ1v) is 4.11. The fourth-order valence-corrected chi connectivity index (χ4v) is 2.02. The van der Waals surface area contributed by atoms with Gasteiger partial charge in [-0.25, -0.2) is 5.48 Å². The highest BCUT2D eigenvalue weighted by Gasteiger charge is 2.20. The van der Waals surface area contributed by atoms with Crippen LogP contribution >= 0.6 is 22.6 Å². The van der Waals surface area contributed by atoms with Crippen LogP contribution in [0.3, 0.4) is 0 Å². The van der Waals surface area contributed by atoms with Gasteiger partial charge in [-0.05, 0) is 19.3 Å². The van der Waals surface area contributed by atoms with Crippen molar-refractivity contribution in [3.05, 3.63) is 0 Å². The van der Waals surface area contributed by atoms with Gasteiger partial charge >= 0.3 is 0 Å². The zero-order valence-corrected chi connectivity index (χ0v) is 6.76. The summed E-state index contributed by atoms with van der Waals surface area (Å²) in [5, 5.41) is 8.43. The Kier molecular flexibility index (Phi) is 2.52. The molecule has 2 unspecified atom stereocenters. The maximum Gasteiger partial charge on any atom is 0.0330 e. The maximum atomic E-state index is 8.43. The molecule has 1 aliphatic rings. The Morgan fingerprint density at radius 2 is 2.25 bits per heavy atom. The standard InChI is InChI=1S/C5H10INO/c6-4-1-2-5(3-4)7-8/h4-5,7-8H,1-3H2. The summed E-state index contributed by atoms with van der Waals surface area (Å²) in [6.07, 6.45) is 3.50. The van der Waals surface area contributed by atoms with Crippen molar-refractivity contribution < 1.29 is 5.21 Å². The summed E-state index contributed by atoms with van der Waals surface area (Å²) >= 11 is 2.42. The van der Waals surface area contributed by atoms with Crippen molar-refractivity contribution >= 4 is 22.6 Å². The summed E-state index contributed by atoms with van der Waals surface area (Å²) in [4.78, 5) is 0. The van der Waals surface area contributed by atoms with Gasteiger partial charge in [0.15, 0.2) is 0 Å². The minimum Gasteiger partial charge on any atom is -0.317 e. The molecule has 1 rings (SSSR count). The Hall–Kier alpha value is 0.650. The van der Waals surface area contributed by atoms with Crippen LogP contribution in [-0.4, -0.2) is 15.2 Å². The largest absolute Gasteiger partial charge is 0.317 e. The number of halogens is 1. The Morgan fingerprint density at radius 1 is 1.50 bits per heavy atom. The molecule has 8 heavy (non-hydrogen) atoms. The molecule has 0 aromatic heterocycles. The second-order valence-corrected chi connectivity index (χ2v) is 4.00. The first-order valence-electron chi connectivity index (χ1n) is 2.86. The average molecular weight is 227 g/mol. The molecule has 2 nitrogen and oxygen atoms in total. The van der Waals surface area contributed by atoms with E-state index in [9.17, 15) is 0 Å². The van der Waals surface area contributed by atoms with Gasteiger partial charge in [-0.3, -0.25) is 0 Å². The Bertz CT molecular complexity index is 78.8. The molecule has 1 fully saturated rings. The number of rotatable bonds is 1. The summed E-state index contributed by atoms with van der Waals surface area (Å²) in [6.45, 7) is 0. The van der Waals surface area contributed by atoms with Gasteiger partial charge in [0.25, 0.3) is 0 Å². The van der Waals surface area contributed by atoms with E-state index in [2.05, 4.69) is 28.1 Å². The summed E-state index contributed by atoms with van der Waals surface area (Å²) in [7, 11) is 0. The molecule has 2 N–H and O–H groups in total. The minimum atomic E-state index is 0.372. The highest BCUT2D eigenvalue weighted by atomic mass is 127. The van der Waals surface area contributed by atoms with Crippen LogP contribution < -0.4 is 5.48 Å². The quantitative estimate of drug-likeness (QED) is 0.402. The van der Waals surface area contributed by atoms with Crippen LogP contribution in [0.2, 0.25) is 0 Å². The van der Waals surface area contributed by atoms with E-state index in [1.165, 1.54) is 6.42 Å². The van der Waals surface area contributed by atoms with Crippen molar-refractivity contribution in [2.24, 2.45) is 0 Å². The predicted octanol–water partition coefficient (Wildman–Crippen LogP) is 1.32. The van der Waals surface area contributed by atoms with E-state index in [0.717, 1.165) is 16.8 Å². The van der Waals surface area contributed by atoms with Crippen molar-refractivity contribution in [3.8, 4) is 0 Å². The Balaban J connectivity index is 2.22. The van der Waals surface area contributed by atoms with Gasteiger partial charge < -0.3 is 5.21 Å². The molecule has 1 saturated carbocycles. The molecule has 0 aromatic carbocycles. The first-order chi connectivity index (χ1) is 3.83. The lowest BCUT2D eigenvalue weighted by Gasteiger charge is -2.02. The average Bonchev–Trinajstić information content (AvgIpc) is 2.14. The maximum absolute atomic E-state index is 8.43. The van der Waals surface area contributed by atoms with E-state index in [1.54, 1.807) is 0 Å². The number of alkyl halides is 1. The van der Waals surface area contributed by atoms with Crippen molar-refractivity contribution in [1.29, 1.82) is 0 Å². The smallest absolute Gasteiger partial charge is 0.0330 e. The number of hydroxylamine groups is 1. The van der Waals surface area contributed by atoms with E-state index in [0.29, 0.717) is 6.04 Å². The molecule has 48 valence electrons.